The molecule has 0 saturated heterocycles. The molecule has 2 aromatic carbocycles. The van der Waals surface area contributed by atoms with Crippen LogP contribution < -0.4 is 5.32 Å². The fourth-order valence-corrected chi connectivity index (χ4v) is 2.70. The van der Waals surface area contributed by atoms with Gasteiger partial charge in [0.2, 0.25) is 0 Å². The quantitative estimate of drug-likeness (QED) is 0.718. The van der Waals surface area contributed by atoms with Crippen LogP contribution in [0.15, 0.2) is 53.0 Å². The summed E-state index contributed by atoms with van der Waals surface area (Å²) in [5, 5.41) is 3.42. The van der Waals surface area contributed by atoms with E-state index < -0.39 is 0 Å². The number of carbonyl (C=O) groups excluding carboxylic acids is 1. The number of esters is 1. The molecule has 2 rings (SSSR count). The predicted molar refractivity (Wildman–Crippen MR) is 95.8 cm³/mol. The van der Waals surface area contributed by atoms with Crippen molar-refractivity contribution in [3.63, 3.8) is 0 Å². The molecule has 0 aliphatic carbocycles. The lowest BCUT2D eigenvalue weighted by molar-refractivity contribution is 0.0526. The molecule has 118 valence electrons. The second-order valence-electron chi connectivity index (χ2n) is 4.69. The molecule has 0 aliphatic heterocycles. The monoisotopic (exact) mass is 383 g/mol. The van der Waals surface area contributed by atoms with Crippen molar-refractivity contribution in [3.05, 3.63) is 64.1 Å². The summed E-state index contributed by atoms with van der Waals surface area (Å²) in [5.41, 5.74) is 2.72. The molecular weight excluding hydrogens is 366 g/mol. The Morgan fingerprint density at radius 2 is 1.82 bits per heavy atom. The zero-order valence-electron chi connectivity index (χ0n) is 12.5. The molecule has 0 saturated carbocycles. The summed E-state index contributed by atoms with van der Waals surface area (Å²) >= 11 is 3.56. The smallest absolute Gasteiger partial charge is 0.338 e. The van der Waals surface area contributed by atoms with Gasteiger partial charge in [-0.15, -0.1) is 12.4 Å². The molecule has 0 amide bonds. The van der Waals surface area contributed by atoms with Crippen LogP contribution in [0.25, 0.3) is 0 Å². The van der Waals surface area contributed by atoms with Crippen LogP contribution in [-0.4, -0.2) is 12.6 Å². The zero-order chi connectivity index (χ0) is 15.2. The topological polar surface area (TPSA) is 38.3 Å². The number of carbonyl (C=O) groups is 1. The number of hydrogen-bond acceptors (Lipinski definition) is 3. The number of nitrogens with one attached hydrogen (secondary N) is 1. The summed E-state index contributed by atoms with van der Waals surface area (Å²) in [4.78, 5) is 11.6. The second kappa shape index (κ2) is 8.81. The summed E-state index contributed by atoms with van der Waals surface area (Å²) in [6.07, 6.45) is 0. The molecule has 0 spiro atoms. The maximum Gasteiger partial charge on any atom is 0.338 e. The Bertz CT molecular complexity index is 616. The summed E-state index contributed by atoms with van der Waals surface area (Å²) < 4.78 is 6.05. The van der Waals surface area contributed by atoms with E-state index in [0.717, 1.165) is 10.2 Å². The van der Waals surface area contributed by atoms with Gasteiger partial charge in [-0.05, 0) is 49.7 Å². The third-order valence-corrected chi connectivity index (χ3v) is 3.87. The summed E-state index contributed by atoms with van der Waals surface area (Å²) in [5.74, 6) is -0.289. The Morgan fingerprint density at radius 3 is 2.41 bits per heavy atom. The normalized spacial score (nSPS) is 11.2. The maximum atomic E-state index is 11.6. The first kappa shape index (κ1) is 18.5. The summed E-state index contributed by atoms with van der Waals surface area (Å²) in [6, 6.07) is 15.6. The molecule has 5 heteroatoms. The lowest BCUT2D eigenvalue weighted by Gasteiger charge is -2.17. The first-order valence-electron chi connectivity index (χ1n) is 6.90. The predicted octanol–water partition coefficient (Wildman–Crippen LogP) is 5.22. The Morgan fingerprint density at radius 1 is 1.18 bits per heavy atom. The number of hydrogen-bond donors (Lipinski definition) is 1. The highest BCUT2D eigenvalue weighted by molar-refractivity contribution is 9.10. The van der Waals surface area contributed by atoms with E-state index in [2.05, 4.69) is 34.2 Å². The van der Waals surface area contributed by atoms with Gasteiger partial charge in [0.1, 0.15) is 0 Å². The van der Waals surface area contributed by atoms with Crippen LogP contribution in [0.2, 0.25) is 0 Å². The van der Waals surface area contributed by atoms with Gasteiger partial charge in [-0.3, -0.25) is 0 Å². The third-order valence-electron chi connectivity index (χ3n) is 3.15. The van der Waals surface area contributed by atoms with E-state index in [4.69, 9.17) is 4.74 Å². The van der Waals surface area contributed by atoms with Crippen LogP contribution in [-0.2, 0) is 4.74 Å². The molecule has 3 nitrogen and oxygen atoms in total. The van der Waals surface area contributed by atoms with Crippen molar-refractivity contribution in [1.82, 2.24) is 0 Å². The average Bonchev–Trinajstić information content (AvgIpc) is 2.48. The molecule has 1 N–H and O–H groups in total. The Hall–Kier alpha value is -1.52. The average molecular weight is 385 g/mol. The fraction of sp³-hybridized carbons (Fsp3) is 0.235. The molecule has 1 atom stereocenters. The molecule has 1 unspecified atom stereocenters. The van der Waals surface area contributed by atoms with Crippen molar-refractivity contribution < 1.29 is 9.53 Å². The molecule has 0 heterocycles. The van der Waals surface area contributed by atoms with Gasteiger partial charge in [-0.1, -0.05) is 34.1 Å². The Kier molecular flexibility index (Phi) is 7.42. The second-order valence-corrected chi connectivity index (χ2v) is 5.54. The molecule has 2 aromatic rings. The number of anilines is 1. The first-order chi connectivity index (χ1) is 10.1. The van der Waals surface area contributed by atoms with Gasteiger partial charge in [0.15, 0.2) is 0 Å². The minimum absolute atomic E-state index is 0. The number of rotatable bonds is 5. The van der Waals surface area contributed by atoms with Gasteiger partial charge in [0.25, 0.3) is 0 Å². The van der Waals surface area contributed by atoms with Crippen molar-refractivity contribution in [1.29, 1.82) is 0 Å². The molecular formula is C17H19BrClNO2. The number of halogens is 2. The molecule has 0 fully saturated rings. The summed E-state index contributed by atoms with van der Waals surface area (Å²) in [7, 11) is 0. The minimum Gasteiger partial charge on any atom is -0.462 e. The first-order valence-corrected chi connectivity index (χ1v) is 7.69. The lowest BCUT2D eigenvalue weighted by atomic mass is 10.1. The third kappa shape index (κ3) is 4.75. The van der Waals surface area contributed by atoms with Gasteiger partial charge >= 0.3 is 5.97 Å². The van der Waals surface area contributed by atoms with Crippen LogP contribution in [0.5, 0.6) is 0 Å². The van der Waals surface area contributed by atoms with E-state index in [-0.39, 0.29) is 24.4 Å². The van der Waals surface area contributed by atoms with Crippen LogP contribution >= 0.6 is 28.3 Å². The Labute approximate surface area is 145 Å². The molecule has 0 radical (unpaired) electrons. The number of benzene rings is 2. The van der Waals surface area contributed by atoms with Crippen LogP contribution in [0.4, 0.5) is 5.69 Å². The number of ether oxygens (including phenoxy) is 1. The summed E-state index contributed by atoms with van der Waals surface area (Å²) in [6.45, 7) is 4.28. The van der Waals surface area contributed by atoms with E-state index in [0.29, 0.717) is 12.2 Å². The molecule has 0 aliphatic rings. The van der Waals surface area contributed by atoms with Crippen LogP contribution in [0.3, 0.4) is 0 Å². The Balaban J connectivity index is 0.00000242. The van der Waals surface area contributed by atoms with E-state index in [1.807, 2.05) is 30.3 Å². The molecule has 0 aromatic heterocycles. The highest BCUT2D eigenvalue weighted by Gasteiger charge is 2.10. The van der Waals surface area contributed by atoms with Crippen molar-refractivity contribution in [3.8, 4) is 0 Å². The van der Waals surface area contributed by atoms with Gasteiger partial charge in [0.05, 0.1) is 12.2 Å². The van der Waals surface area contributed by atoms with E-state index in [9.17, 15) is 4.79 Å². The minimum atomic E-state index is -0.289. The largest absolute Gasteiger partial charge is 0.462 e. The van der Waals surface area contributed by atoms with Crippen molar-refractivity contribution in [2.24, 2.45) is 0 Å². The molecule has 22 heavy (non-hydrogen) atoms. The van der Waals surface area contributed by atoms with Crippen molar-refractivity contribution >= 4 is 40.0 Å². The van der Waals surface area contributed by atoms with Crippen molar-refractivity contribution in [2.75, 3.05) is 11.9 Å². The van der Waals surface area contributed by atoms with Gasteiger partial charge in [0, 0.05) is 16.2 Å². The van der Waals surface area contributed by atoms with Gasteiger partial charge in [-0.2, -0.15) is 0 Å². The molecule has 0 bridgehead atoms. The standard InChI is InChI=1S/C17H18BrNO2.ClH/c1-3-21-17(20)13-8-10-14(11-9-13)19-12(2)15-6-4-5-7-16(15)18;/h4-12,19H,3H2,1-2H3;1H. The van der Waals surface area contributed by atoms with Gasteiger partial charge < -0.3 is 10.1 Å². The maximum absolute atomic E-state index is 11.6. The zero-order valence-corrected chi connectivity index (χ0v) is 14.9. The van der Waals surface area contributed by atoms with Gasteiger partial charge in [-0.25, -0.2) is 4.79 Å². The van der Waals surface area contributed by atoms with Crippen molar-refractivity contribution in [2.45, 2.75) is 19.9 Å². The SMILES string of the molecule is CCOC(=O)c1ccc(NC(C)c2ccccc2Br)cc1.Cl. The van der Waals surface area contributed by atoms with E-state index in [1.54, 1.807) is 19.1 Å². The van der Waals surface area contributed by atoms with E-state index in [1.165, 1.54) is 5.56 Å². The lowest BCUT2D eigenvalue weighted by Crippen LogP contribution is -2.08. The van der Waals surface area contributed by atoms with E-state index >= 15 is 0 Å². The van der Waals surface area contributed by atoms with Crippen LogP contribution in [0.1, 0.15) is 35.8 Å². The highest BCUT2D eigenvalue weighted by Crippen LogP contribution is 2.26. The fourth-order valence-electron chi connectivity index (χ4n) is 2.07. The highest BCUT2D eigenvalue weighted by atomic mass is 79.9. The van der Waals surface area contributed by atoms with Crippen LogP contribution in [0, 0.1) is 0 Å².